The molecule has 5 heteroatoms. The maximum Gasteiger partial charge on any atom is 0.125 e. The Morgan fingerprint density at radius 1 is 1.61 bits per heavy atom. The van der Waals surface area contributed by atoms with Crippen molar-refractivity contribution in [3.05, 3.63) is 24.0 Å². The van der Waals surface area contributed by atoms with Gasteiger partial charge >= 0.3 is 0 Å². The Morgan fingerprint density at radius 2 is 2.39 bits per heavy atom. The molecular formula is C13H20N4O. The average molecular weight is 248 g/mol. The predicted octanol–water partition coefficient (Wildman–Crippen LogP) is 1.23. The highest BCUT2D eigenvalue weighted by atomic mass is 16.5. The molecule has 0 radical (unpaired) electrons. The van der Waals surface area contributed by atoms with E-state index in [1.807, 2.05) is 0 Å². The summed E-state index contributed by atoms with van der Waals surface area (Å²) in [5, 5.41) is 7.62. The Kier molecular flexibility index (Phi) is 3.81. The molecule has 1 aliphatic heterocycles. The minimum atomic E-state index is 0.0833. The van der Waals surface area contributed by atoms with Crippen molar-refractivity contribution < 1.29 is 4.74 Å². The normalized spacial score (nSPS) is 24.0. The van der Waals surface area contributed by atoms with Gasteiger partial charge in [0.15, 0.2) is 0 Å². The van der Waals surface area contributed by atoms with E-state index in [2.05, 4.69) is 16.8 Å². The lowest BCUT2D eigenvalue weighted by Gasteiger charge is -2.38. The van der Waals surface area contributed by atoms with E-state index in [0.29, 0.717) is 5.92 Å². The molecular weight excluding hydrogens is 228 g/mol. The number of pyridine rings is 1. The summed E-state index contributed by atoms with van der Waals surface area (Å²) in [4.78, 5) is 6.34. The van der Waals surface area contributed by atoms with Crippen molar-refractivity contribution in [3.8, 4) is 0 Å². The first-order valence-corrected chi connectivity index (χ1v) is 6.19. The van der Waals surface area contributed by atoms with Gasteiger partial charge in [0.2, 0.25) is 0 Å². The highest BCUT2D eigenvalue weighted by molar-refractivity contribution is 6.00. The van der Waals surface area contributed by atoms with Crippen LogP contribution >= 0.6 is 0 Å². The van der Waals surface area contributed by atoms with Gasteiger partial charge in [0.25, 0.3) is 0 Å². The number of anilines is 1. The maximum absolute atomic E-state index is 7.62. The molecule has 1 aliphatic rings. The number of rotatable bonds is 3. The van der Waals surface area contributed by atoms with E-state index in [9.17, 15) is 0 Å². The number of methoxy groups -OCH3 is 1. The molecule has 2 rings (SSSR count). The molecule has 0 aromatic carbocycles. The second kappa shape index (κ2) is 5.35. The first kappa shape index (κ1) is 12.8. The third-order valence-electron chi connectivity index (χ3n) is 3.62. The van der Waals surface area contributed by atoms with Crippen molar-refractivity contribution >= 4 is 11.5 Å². The van der Waals surface area contributed by atoms with Gasteiger partial charge in [-0.2, -0.15) is 0 Å². The smallest absolute Gasteiger partial charge is 0.125 e. The average Bonchev–Trinajstić information content (AvgIpc) is 2.39. The fraction of sp³-hybridized carbons (Fsp3) is 0.538. The van der Waals surface area contributed by atoms with Crippen molar-refractivity contribution in [2.75, 3.05) is 25.1 Å². The van der Waals surface area contributed by atoms with E-state index in [-0.39, 0.29) is 11.9 Å². The number of aromatic nitrogens is 1. The van der Waals surface area contributed by atoms with Crippen LogP contribution in [0.4, 0.5) is 5.69 Å². The van der Waals surface area contributed by atoms with Crippen LogP contribution in [0.3, 0.4) is 0 Å². The fourth-order valence-corrected chi connectivity index (χ4v) is 2.43. The summed E-state index contributed by atoms with van der Waals surface area (Å²) in [5.74, 6) is 0.642. The van der Waals surface area contributed by atoms with Crippen LogP contribution < -0.4 is 10.6 Å². The largest absolute Gasteiger partial charge is 0.384 e. The Bertz CT molecular complexity index is 435. The van der Waals surface area contributed by atoms with Crippen LogP contribution in [0.15, 0.2) is 18.5 Å². The maximum atomic E-state index is 7.62. The molecule has 18 heavy (non-hydrogen) atoms. The minimum absolute atomic E-state index is 0.0833. The van der Waals surface area contributed by atoms with Crippen molar-refractivity contribution in [2.24, 2.45) is 11.7 Å². The lowest BCUT2D eigenvalue weighted by atomic mass is 9.95. The fourth-order valence-electron chi connectivity index (χ4n) is 2.43. The van der Waals surface area contributed by atoms with Gasteiger partial charge < -0.3 is 15.4 Å². The van der Waals surface area contributed by atoms with Crippen molar-refractivity contribution in [1.29, 1.82) is 5.41 Å². The molecule has 2 unspecified atom stereocenters. The summed E-state index contributed by atoms with van der Waals surface area (Å²) < 4.78 is 5.51. The number of nitrogens with one attached hydrogen (secondary N) is 1. The van der Waals surface area contributed by atoms with Gasteiger partial charge in [-0.3, -0.25) is 10.4 Å². The van der Waals surface area contributed by atoms with E-state index in [4.69, 9.17) is 15.9 Å². The first-order chi connectivity index (χ1) is 8.63. The number of hydrogen-bond acceptors (Lipinski definition) is 4. The quantitative estimate of drug-likeness (QED) is 0.623. The van der Waals surface area contributed by atoms with E-state index in [1.54, 1.807) is 25.6 Å². The number of hydrogen-bond donors (Lipinski definition) is 2. The topological polar surface area (TPSA) is 75.2 Å². The second-order valence-corrected chi connectivity index (χ2v) is 4.79. The summed E-state index contributed by atoms with van der Waals surface area (Å²) in [7, 11) is 1.75. The van der Waals surface area contributed by atoms with Crippen LogP contribution in [-0.4, -0.2) is 37.1 Å². The molecule has 0 amide bonds. The number of amidine groups is 1. The highest BCUT2D eigenvalue weighted by Crippen LogP contribution is 2.26. The number of piperidine rings is 1. The monoisotopic (exact) mass is 248 g/mol. The van der Waals surface area contributed by atoms with Gasteiger partial charge in [0.1, 0.15) is 5.84 Å². The lowest BCUT2D eigenvalue weighted by Crippen LogP contribution is -2.44. The van der Waals surface area contributed by atoms with E-state index >= 15 is 0 Å². The minimum Gasteiger partial charge on any atom is -0.384 e. The SMILES string of the molecule is COC1CN(c2cnccc2C(=N)N)CCC1C. The molecule has 2 heterocycles. The third kappa shape index (κ3) is 2.46. The van der Waals surface area contributed by atoms with Crippen LogP contribution in [0.1, 0.15) is 18.9 Å². The Hall–Kier alpha value is -1.62. The zero-order valence-electron chi connectivity index (χ0n) is 10.9. The Labute approximate surface area is 107 Å². The van der Waals surface area contributed by atoms with E-state index in [0.717, 1.165) is 30.8 Å². The Balaban J connectivity index is 2.24. The molecule has 0 aliphatic carbocycles. The van der Waals surface area contributed by atoms with E-state index < -0.39 is 0 Å². The third-order valence-corrected chi connectivity index (χ3v) is 3.62. The van der Waals surface area contributed by atoms with Gasteiger partial charge in [-0.1, -0.05) is 6.92 Å². The predicted molar refractivity (Wildman–Crippen MR) is 72.0 cm³/mol. The molecule has 2 atom stereocenters. The summed E-state index contributed by atoms with van der Waals surface area (Å²) in [6, 6.07) is 1.79. The van der Waals surface area contributed by atoms with Crippen LogP contribution in [0.2, 0.25) is 0 Å². The molecule has 1 saturated heterocycles. The summed E-state index contributed by atoms with van der Waals surface area (Å²) in [5.41, 5.74) is 7.29. The van der Waals surface area contributed by atoms with Crippen molar-refractivity contribution in [3.63, 3.8) is 0 Å². The van der Waals surface area contributed by atoms with Crippen LogP contribution in [0.5, 0.6) is 0 Å². The molecule has 1 fully saturated rings. The standard InChI is InChI=1S/C13H20N4O/c1-9-4-6-17(8-12(9)18-2)11-7-16-5-3-10(11)13(14)15/h3,5,7,9,12H,4,6,8H2,1-2H3,(H3,14,15). The molecule has 0 spiro atoms. The number of nitrogen functional groups attached to an aromatic ring is 1. The van der Waals surface area contributed by atoms with Crippen molar-refractivity contribution in [2.45, 2.75) is 19.4 Å². The highest BCUT2D eigenvalue weighted by Gasteiger charge is 2.27. The number of nitrogens with zero attached hydrogens (tertiary/aromatic N) is 2. The van der Waals surface area contributed by atoms with Gasteiger partial charge in [-0.15, -0.1) is 0 Å². The lowest BCUT2D eigenvalue weighted by molar-refractivity contribution is 0.0498. The van der Waals surface area contributed by atoms with Crippen molar-refractivity contribution in [1.82, 2.24) is 4.98 Å². The van der Waals surface area contributed by atoms with Gasteiger partial charge in [-0.05, 0) is 18.4 Å². The molecule has 0 saturated carbocycles. The molecule has 98 valence electrons. The zero-order chi connectivity index (χ0) is 13.1. The number of nitrogens with two attached hydrogens (primary N) is 1. The second-order valence-electron chi connectivity index (χ2n) is 4.79. The molecule has 5 nitrogen and oxygen atoms in total. The summed E-state index contributed by atoms with van der Waals surface area (Å²) in [6.45, 7) is 3.98. The molecule has 0 bridgehead atoms. The molecule has 1 aromatic rings. The molecule has 3 N–H and O–H groups in total. The van der Waals surface area contributed by atoms with E-state index in [1.165, 1.54) is 0 Å². The number of ether oxygens (including phenoxy) is 1. The molecule has 1 aromatic heterocycles. The van der Waals surface area contributed by atoms with Crippen LogP contribution in [0, 0.1) is 11.3 Å². The van der Waals surface area contributed by atoms with Gasteiger partial charge in [0, 0.05) is 32.0 Å². The zero-order valence-corrected chi connectivity index (χ0v) is 10.9. The first-order valence-electron chi connectivity index (χ1n) is 6.19. The Morgan fingerprint density at radius 3 is 3.06 bits per heavy atom. The van der Waals surface area contributed by atoms with Gasteiger partial charge in [0.05, 0.1) is 18.0 Å². The summed E-state index contributed by atoms with van der Waals surface area (Å²) in [6.07, 6.45) is 4.74. The van der Waals surface area contributed by atoms with Gasteiger partial charge in [-0.25, -0.2) is 0 Å². The van der Waals surface area contributed by atoms with Crippen LogP contribution in [0.25, 0.3) is 0 Å². The summed E-state index contributed by atoms with van der Waals surface area (Å²) >= 11 is 0. The van der Waals surface area contributed by atoms with Crippen LogP contribution in [-0.2, 0) is 4.74 Å².